The Labute approximate surface area is 96.9 Å². The zero-order valence-corrected chi connectivity index (χ0v) is 10.3. The van der Waals surface area contributed by atoms with Crippen LogP contribution in [0.2, 0.25) is 0 Å². The molecule has 0 amide bonds. The molecule has 1 atom stereocenters. The average Bonchev–Trinajstić information content (AvgIpc) is 2.24. The molecule has 5 heteroatoms. The molecule has 0 aromatic carbocycles. The average molecular weight is 232 g/mol. The lowest BCUT2D eigenvalue weighted by molar-refractivity contribution is 0.00553. The lowest BCUT2D eigenvalue weighted by Crippen LogP contribution is -2.48. The second kappa shape index (κ2) is 6.98. The van der Waals surface area contributed by atoms with E-state index in [0.29, 0.717) is 0 Å². The van der Waals surface area contributed by atoms with E-state index in [1.165, 1.54) is 0 Å². The monoisotopic (exact) mass is 232 g/mol. The Morgan fingerprint density at radius 1 is 1.67 bits per heavy atom. The Bertz CT molecular complexity index is 202. The first-order valence-electron chi connectivity index (χ1n) is 5.37. The summed E-state index contributed by atoms with van der Waals surface area (Å²) in [5.41, 5.74) is 0. The van der Waals surface area contributed by atoms with Crippen molar-refractivity contribution in [2.75, 3.05) is 40.0 Å². The first-order chi connectivity index (χ1) is 7.24. The van der Waals surface area contributed by atoms with Crippen LogP contribution in [-0.2, 0) is 9.47 Å². The van der Waals surface area contributed by atoms with Crippen LogP contribution in [0.25, 0.3) is 0 Å². The molecule has 1 unspecified atom stereocenters. The minimum Gasteiger partial charge on any atom is -0.385 e. The summed E-state index contributed by atoms with van der Waals surface area (Å²) in [5, 5.41) is 4.06. The van der Waals surface area contributed by atoms with Gasteiger partial charge in [0.25, 0.3) is 0 Å². The molecule has 0 radical (unpaired) electrons. The molecule has 1 aliphatic rings. The second-order valence-corrected chi connectivity index (χ2v) is 4.09. The Hall–Kier alpha value is -0.390. The van der Waals surface area contributed by atoms with Gasteiger partial charge in [-0.1, -0.05) is 0 Å². The highest BCUT2D eigenvalue weighted by molar-refractivity contribution is 7.80. The van der Waals surface area contributed by atoms with Gasteiger partial charge in [-0.2, -0.15) is 0 Å². The number of nitrogens with one attached hydrogen (secondary N) is 1. The van der Waals surface area contributed by atoms with Gasteiger partial charge in [0.2, 0.25) is 0 Å². The number of nitrogens with zero attached hydrogens (tertiary/aromatic N) is 1. The fraction of sp³-hybridized carbons (Fsp3) is 0.900. The highest BCUT2D eigenvalue weighted by Gasteiger charge is 2.18. The summed E-state index contributed by atoms with van der Waals surface area (Å²) in [6.45, 7) is 6.25. The van der Waals surface area contributed by atoms with E-state index >= 15 is 0 Å². The van der Waals surface area contributed by atoms with Crippen molar-refractivity contribution in [1.29, 1.82) is 0 Å². The fourth-order valence-corrected chi connectivity index (χ4v) is 1.79. The summed E-state index contributed by atoms with van der Waals surface area (Å²) in [5.74, 6) is 0. The van der Waals surface area contributed by atoms with E-state index in [4.69, 9.17) is 21.7 Å². The molecule has 0 aromatic rings. The first kappa shape index (κ1) is 12.7. The third kappa shape index (κ3) is 4.77. The molecule has 0 spiro atoms. The summed E-state index contributed by atoms with van der Waals surface area (Å²) in [6.07, 6.45) is 1.26. The number of thiocarbonyl (C=S) groups is 1. The molecule has 0 aliphatic carbocycles. The number of rotatable bonds is 4. The summed E-state index contributed by atoms with van der Waals surface area (Å²) >= 11 is 5.29. The van der Waals surface area contributed by atoms with Gasteiger partial charge in [0, 0.05) is 33.4 Å². The maximum atomic E-state index is 5.45. The molecule has 1 heterocycles. The van der Waals surface area contributed by atoms with Crippen molar-refractivity contribution >= 4 is 17.3 Å². The van der Waals surface area contributed by atoms with Crippen molar-refractivity contribution in [3.8, 4) is 0 Å². The molecule has 1 N–H and O–H groups in total. The third-order valence-corrected chi connectivity index (χ3v) is 2.73. The van der Waals surface area contributed by atoms with Crippen LogP contribution in [0.5, 0.6) is 0 Å². The van der Waals surface area contributed by atoms with E-state index in [-0.39, 0.29) is 6.10 Å². The standard InChI is InChI=1S/C10H20N2O2S/c1-9-8-12(5-7-14-9)10(15)11-4-3-6-13-2/h9H,3-8H2,1-2H3,(H,11,15). The molecule has 15 heavy (non-hydrogen) atoms. The second-order valence-electron chi connectivity index (χ2n) is 3.71. The smallest absolute Gasteiger partial charge is 0.169 e. The van der Waals surface area contributed by atoms with E-state index in [9.17, 15) is 0 Å². The maximum absolute atomic E-state index is 5.45. The van der Waals surface area contributed by atoms with E-state index in [0.717, 1.165) is 44.4 Å². The zero-order valence-electron chi connectivity index (χ0n) is 9.49. The molecule has 1 fully saturated rings. The van der Waals surface area contributed by atoms with Crippen LogP contribution < -0.4 is 5.32 Å². The predicted octanol–water partition coefficient (Wildman–Crippen LogP) is 0.618. The van der Waals surface area contributed by atoms with Gasteiger partial charge in [-0.15, -0.1) is 0 Å². The summed E-state index contributed by atoms with van der Waals surface area (Å²) in [4.78, 5) is 2.16. The lowest BCUT2D eigenvalue weighted by atomic mass is 10.3. The third-order valence-electron chi connectivity index (χ3n) is 2.33. The Kier molecular flexibility index (Phi) is 5.90. The van der Waals surface area contributed by atoms with Crippen LogP contribution in [0.4, 0.5) is 0 Å². The van der Waals surface area contributed by atoms with E-state index in [2.05, 4.69) is 17.1 Å². The largest absolute Gasteiger partial charge is 0.385 e. The van der Waals surface area contributed by atoms with Gasteiger partial charge in [-0.3, -0.25) is 0 Å². The number of ether oxygens (including phenoxy) is 2. The van der Waals surface area contributed by atoms with Crippen LogP contribution >= 0.6 is 12.2 Å². The Morgan fingerprint density at radius 2 is 2.47 bits per heavy atom. The fourth-order valence-electron chi connectivity index (χ4n) is 1.53. The zero-order chi connectivity index (χ0) is 11.1. The van der Waals surface area contributed by atoms with Crippen molar-refractivity contribution in [3.63, 3.8) is 0 Å². The van der Waals surface area contributed by atoms with Crippen LogP contribution in [-0.4, -0.2) is 56.1 Å². The summed E-state index contributed by atoms with van der Waals surface area (Å²) < 4.78 is 10.4. The minimum absolute atomic E-state index is 0.275. The highest BCUT2D eigenvalue weighted by Crippen LogP contribution is 2.04. The van der Waals surface area contributed by atoms with Gasteiger partial charge < -0.3 is 19.7 Å². The van der Waals surface area contributed by atoms with Crippen molar-refractivity contribution in [3.05, 3.63) is 0 Å². The van der Waals surface area contributed by atoms with E-state index in [1.807, 2.05) is 0 Å². The summed E-state index contributed by atoms with van der Waals surface area (Å²) in [6, 6.07) is 0. The molecule has 1 saturated heterocycles. The quantitative estimate of drug-likeness (QED) is 0.567. The Balaban J connectivity index is 2.15. The first-order valence-corrected chi connectivity index (χ1v) is 5.78. The molecule has 0 saturated carbocycles. The van der Waals surface area contributed by atoms with Crippen LogP contribution in [0.3, 0.4) is 0 Å². The molecule has 4 nitrogen and oxygen atoms in total. The van der Waals surface area contributed by atoms with Gasteiger partial charge in [-0.25, -0.2) is 0 Å². The van der Waals surface area contributed by atoms with Gasteiger partial charge in [0.15, 0.2) is 5.11 Å². The predicted molar refractivity (Wildman–Crippen MR) is 64.1 cm³/mol. The van der Waals surface area contributed by atoms with E-state index in [1.54, 1.807) is 7.11 Å². The van der Waals surface area contributed by atoms with Crippen LogP contribution in [0.1, 0.15) is 13.3 Å². The van der Waals surface area contributed by atoms with Gasteiger partial charge in [-0.05, 0) is 25.6 Å². The normalized spacial score (nSPS) is 21.5. The van der Waals surface area contributed by atoms with Crippen molar-refractivity contribution < 1.29 is 9.47 Å². The maximum Gasteiger partial charge on any atom is 0.169 e. The molecule has 1 rings (SSSR count). The molecule has 0 aromatic heterocycles. The topological polar surface area (TPSA) is 33.7 Å². The van der Waals surface area contributed by atoms with Crippen LogP contribution in [0.15, 0.2) is 0 Å². The molecular weight excluding hydrogens is 212 g/mol. The molecule has 1 aliphatic heterocycles. The van der Waals surface area contributed by atoms with Gasteiger partial charge >= 0.3 is 0 Å². The number of hydrogen-bond acceptors (Lipinski definition) is 3. The van der Waals surface area contributed by atoms with Gasteiger partial charge in [0.05, 0.1) is 12.7 Å². The minimum atomic E-state index is 0.275. The van der Waals surface area contributed by atoms with Crippen LogP contribution in [0, 0.1) is 0 Å². The number of morpholine rings is 1. The lowest BCUT2D eigenvalue weighted by Gasteiger charge is -2.33. The molecule has 0 bridgehead atoms. The number of methoxy groups -OCH3 is 1. The highest BCUT2D eigenvalue weighted by atomic mass is 32.1. The Morgan fingerprint density at radius 3 is 3.13 bits per heavy atom. The van der Waals surface area contributed by atoms with Gasteiger partial charge in [0.1, 0.15) is 0 Å². The summed E-state index contributed by atoms with van der Waals surface area (Å²) in [7, 11) is 1.71. The van der Waals surface area contributed by atoms with Crippen molar-refractivity contribution in [2.24, 2.45) is 0 Å². The van der Waals surface area contributed by atoms with Crippen molar-refractivity contribution in [2.45, 2.75) is 19.4 Å². The van der Waals surface area contributed by atoms with Crippen molar-refractivity contribution in [1.82, 2.24) is 10.2 Å². The molecular formula is C10H20N2O2S. The van der Waals surface area contributed by atoms with E-state index < -0.39 is 0 Å². The molecule has 88 valence electrons. The SMILES string of the molecule is COCCCNC(=S)N1CCOC(C)C1. The number of hydrogen-bond donors (Lipinski definition) is 1.